The molecule has 128 valence electrons. The molecule has 1 aromatic carbocycles. The minimum atomic E-state index is -0.0312. The van der Waals surface area contributed by atoms with Gasteiger partial charge < -0.3 is 15.3 Å². The molecule has 0 aliphatic carbocycles. The summed E-state index contributed by atoms with van der Waals surface area (Å²) in [5, 5.41) is 13.9. The molecule has 1 aliphatic rings. The van der Waals surface area contributed by atoms with Gasteiger partial charge in [-0.1, -0.05) is 25.1 Å². The largest absolute Gasteiger partial charge is 0.392 e. The van der Waals surface area contributed by atoms with E-state index in [-0.39, 0.29) is 18.6 Å². The fourth-order valence-corrected chi connectivity index (χ4v) is 3.35. The maximum atomic E-state index is 11.9. The number of carbonyl (C=O) groups is 1. The molecule has 0 bridgehead atoms. The van der Waals surface area contributed by atoms with Crippen LogP contribution >= 0.6 is 0 Å². The van der Waals surface area contributed by atoms with E-state index in [0.29, 0.717) is 6.42 Å². The number of para-hydroxylation sites is 1. The highest BCUT2D eigenvalue weighted by atomic mass is 16.3. The molecular weight excluding hydrogens is 302 g/mol. The van der Waals surface area contributed by atoms with Gasteiger partial charge in [0, 0.05) is 36.5 Å². The lowest BCUT2D eigenvalue weighted by molar-refractivity contribution is -0.121. The van der Waals surface area contributed by atoms with Gasteiger partial charge in [-0.05, 0) is 31.4 Å². The highest BCUT2D eigenvalue weighted by Gasteiger charge is 2.24. The molecule has 0 spiro atoms. The monoisotopic (exact) mass is 327 g/mol. The van der Waals surface area contributed by atoms with E-state index in [0.717, 1.165) is 54.6 Å². The molecule has 0 unspecified atom stereocenters. The van der Waals surface area contributed by atoms with Crippen LogP contribution in [0.25, 0.3) is 10.9 Å². The number of benzene rings is 1. The summed E-state index contributed by atoms with van der Waals surface area (Å²) in [7, 11) is 0. The molecule has 2 heterocycles. The Labute approximate surface area is 142 Å². The van der Waals surface area contributed by atoms with Crippen LogP contribution in [0.2, 0.25) is 0 Å². The summed E-state index contributed by atoms with van der Waals surface area (Å²) in [6.07, 6.45) is 3.44. The lowest BCUT2D eigenvalue weighted by Crippen LogP contribution is -2.48. The quantitative estimate of drug-likeness (QED) is 0.886. The average molecular weight is 327 g/mol. The first-order valence-corrected chi connectivity index (χ1v) is 8.75. The van der Waals surface area contributed by atoms with E-state index < -0.39 is 0 Å². The number of hydrogen-bond acceptors (Lipinski definition) is 4. The number of anilines is 1. The Kier molecular flexibility index (Phi) is 5.30. The number of hydrogen-bond donors (Lipinski definition) is 2. The number of amides is 1. The fraction of sp³-hybridized carbons (Fsp3) is 0.474. The summed E-state index contributed by atoms with van der Waals surface area (Å²) in [6.45, 7) is 3.63. The smallest absolute Gasteiger partial charge is 0.220 e. The normalized spacial score (nSPS) is 17.9. The van der Waals surface area contributed by atoms with Gasteiger partial charge in [0.2, 0.25) is 5.91 Å². The molecule has 5 nitrogen and oxygen atoms in total. The van der Waals surface area contributed by atoms with Crippen molar-refractivity contribution in [1.82, 2.24) is 10.3 Å². The Morgan fingerprint density at radius 2 is 2.25 bits per heavy atom. The Morgan fingerprint density at radius 1 is 1.42 bits per heavy atom. The second-order valence-corrected chi connectivity index (χ2v) is 6.42. The summed E-state index contributed by atoms with van der Waals surface area (Å²) < 4.78 is 0. The zero-order valence-electron chi connectivity index (χ0n) is 14.2. The Bertz CT molecular complexity index is 717. The van der Waals surface area contributed by atoms with Crippen molar-refractivity contribution < 1.29 is 9.90 Å². The topological polar surface area (TPSA) is 65.5 Å². The van der Waals surface area contributed by atoms with Crippen molar-refractivity contribution in [2.75, 3.05) is 18.0 Å². The number of nitrogens with one attached hydrogen (secondary N) is 1. The predicted molar refractivity (Wildman–Crippen MR) is 96.0 cm³/mol. The van der Waals surface area contributed by atoms with Crippen LogP contribution in [0.4, 0.5) is 5.82 Å². The van der Waals surface area contributed by atoms with Crippen LogP contribution in [0, 0.1) is 0 Å². The second-order valence-electron chi connectivity index (χ2n) is 6.42. The molecule has 24 heavy (non-hydrogen) atoms. The maximum Gasteiger partial charge on any atom is 0.220 e. The number of pyridine rings is 1. The van der Waals surface area contributed by atoms with E-state index in [1.807, 2.05) is 37.3 Å². The maximum absolute atomic E-state index is 11.9. The molecule has 2 aromatic rings. The van der Waals surface area contributed by atoms with Crippen LogP contribution in [0.1, 0.15) is 38.2 Å². The molecule has 0 saturated carbocycles. The third-order valence-corrected chi connectivity index (χ3v) is 4.51. The number of aromatic nitrogens is 1. The van der Waals surface area contributed by atoms with Crippen LogP contribution in [0.3, 0.4) is 0 Å². The van der Waals surface area contributed by atoms with Crippen LogP contribution in [-0.4, -0.2) is 35.1 Å². The lowest BCUT2D eigenvalue weighted by atomic mass is 10.0. The van der Waals surface area contributed by atoms with Crippen molar-refractivity contribution in [3.05, 3.63) is 35.9 Å². The van der Waals surface area contributed by atoms with Crippen molar-refractivity contribution in [1.29, 1.82) is 0 Å². The SMILES string of the molecule is CCCC(=O)N[C@H]1CCCN(c2nc3ccccc3cc2CO)C1. The Balaban J connectivity index is 1.82. The number of aliphatic hydroxyl groups is 1. The van der Waals surface area contributed by atoms with E-state index in [1.165, 1.54) is 0 Å². The minimum Gasteiger partial charge on any atom is -0.392 e. The number of piperidine rings is 1. The van der Waals surface area contributed by atoms with Crippen LogP contribution in [-0.2, 0) is 11.4 Å². The highest BCUT2D eigenvalue weighted by molar-refractivity contribution is 5.82. The molecule has 1 amide bonds. The molecule has 1 atom stereocenters. The Hall–Kier alpha value is -2.14. The highest BCUT2D eigenvalue weighted by Crippen LogP contribution is 2.26. The van der Waals surface area contributed by atoms with E-state index in [1.54, 1.807) is 0 Å². The van der Waals surface area contributed by atoms with Gasteiger partial charge in [0.05, 0.1) is 12.1 Å². The van der Waals surface area contributed by atoms with Crippen LogP contribution in [0.15, 0.2) is 30.3 Å². The molecule has 3 rings (SSSR count). The van der Waals surface area contributed by atoms with Gasteiger partial charge in [-0.25, -0.2) is 4.98 Å². The molecule has 0 radical (unpaired) electrons. The van der Waals surface area contributed by atoms with Crippen molar-refractivity contribution >= 4 is 22.6 Å². The van der Waals surface area contributed by atoms with Crippen LogP contribution < -0.4 is 10.2 Å². The van der Waals surface area contributed by atoms with Gasteiger partial charge in [0.1, 0.15) is 5.82 Å². The minimum absolute atomic E-state index is 0.0312. The molecular formula is C19H25N3O2. The first-order valence-electron chi connectivity index (χ1n) is 8.75. The summed E-state index contributed by atoms with van der Waals surface area (Å²) in [4.78, 5) is 18.8. The van der Waals surface area contributed by atoms with Crippen LogP contribution in [0.5, 0.6) is 0 Å². The van der Waals surface area contributed by atoms with E-state index in [9.17, 15) is 9.90 Å². The van der Waals surface area contributed by atoms with Gasteiger partial charge in [0.15, 0.2) is 0 Å². The fourth-order valence-electron chi connectivity index (χ4n) is 3.35. The van der Waals surface area contributed by atoms with Gasteiger partial charge >= 0.3 is 0 Å². The predicted octanol–water partition coefficient (Wildman–Crippen LogP) is 2.61. The van der Waals surface area contributed by atoms with Gasteiger partial charge in [-0.2, -0.15) is 0 Å². The second kappa shape index (κ2) is 7.62. The van der Waals surface area contributed by atoms with Crippen molar-refractivity contribution in [3.63, 3.8) is 0 Å². The van der Waals surface area contributed by atoms with Gasteiger partial charge in [0.25, 0.3) is 0 Å². The van der Waals surface area contributed by atoms with Crippen molar-refractivity contribution in [2.45, 2.75) is 45.3 Å². The molecule has 1 saturated heterocycles. The molecule has 1 fully saturated rings. The zero-order chi connectivity index (χ0) is 16.9. The zero-order valence-corrected chi connectivity index (χ0v) is 14.2. The molecule has 5 heteroatoms. The number of nitrogens with zero attached hydrogens (tertiary/aromatic N) is 2. The summed E-state index contributed by atoms with van der Waals surface area (Å²) >= 11 is 0. The molecule has 1 aliphatic heterocycles. The van der Waals surface area contributed by atoms with E-state index >= 15 is 0 Å². The lowest BCUT2D eigenvalue weighted by Gasteiger charge is -2.35. The number of fused-ring (bicyclic) bond motifs is 1. The van der Waals surface area contributed by atoms with E-state index in [4.69, 9.17) is 4.98 Å². The third-order valence-electron chi connectivity index (χ3n) is 4.51. The summed E-state index contributed by atoms with van der Waals surface area (Å²) in [5.74, 6) is 0.962. The standard InChI is InChI=1S/C19H25N3O2/c1-2-6-18(24)20-16-8-5-10-22(12-16)19-15(13-23)11-14-7-3-4-9-17(14)21-19/h3-4,7,9,11,16,23H,2,5-6,8,10,12-13H2,1H3,(H,20,24)/t16-/m0/s1. The van der Waals surface area contributed by atoms with E-state index in [2.05, 4.69) is 10.2 Å². The first kappa shape index (κ1) is 16.7. The van der Waals surface area contributed by atoms with Gasteiger partial charge in [-0.15, -0.1) is 0 Å². The Morgan fingerprint density at radius 3 is 3.04 bits per heavy atom. The first-order chi connectivity index (χ1) is 11.7. The molecule has 1 aromatic heterocycles. The van der Waals surface area contributed by atoms with Crippen molar-refractivity contribution in [3.8, 4) is 0 Å². The number of aliphatic hydroxyl groups excluding tert-OH is 1. The third kappa shape index (κ3) is 3.67. The van der Waals surface area contributed by atoms with Crippen molar-refractivity contribution in [2.24, 2.45) is 0 Å². The average Bonchev–Trinajstić information content (AvgIpc) is 2.61. The number of rotatable bonds is 5. The summed E-state index contributed by atoms with van der Waals surface area (Å²) in [6, 6.07) is 10.1. The van der Waals surface area contributed by atoms with Gasteiger partial charge in [-0.3, -0.25) is 4.79 Å². The summed E-state index contributed by atoms with van der Waals surface area (Å²) in [5.41, 5.74) is 1.77. The molecule has 2 N–H and O–H groups in total. The number of carbonyl (C=O) groups excluding carboxylic acids is 1.